The number of pyridine rings is 1. The van der Waals surface area contributed by atoms with E-state index in [1.807, 2.05) is 24.3 Å². The SMILES string of the molecule is COc1ccccc1-c1cc2nc[nH]c(=O)c2c(Nc2ccc(S(C)(=O)=O)cc2)n1. The Morgan fingerprint density at radius 1 is 1.07 bits per heavy atom. The molecule has 0 fully saturated rings. The number of H-pyrrole nitrogens is 1. The number of methoxy groups -OCH3 is 1. The summed E-state index contributed by atoms with van der Waals surface area (Å²) in [5.74, 6) is 0.938. The van der Waals surface area contributed by atoms with Crippen LogP contribution in [0.3, 0.4) is 0 Å². The van der Waals surface area contributed by atoms with Crippen LogP contribution < -0.4 is 15.6 Å². The average Bonchev–Trinajstić information content (AvgIpc) is 2.73. The Bertz CT molecular complexity index is 1400. The fourth-order valence-electron chi connectivity index (χ4n) is 3.10. The Balaban J connectivity index is 1.87. The van der Waals surface area contributed by atoms with Crippen molar-refractivity contribution in [3.05, 3.63) is 71.3 Å². The minimum absolute atomic E-state index is 0.202. The van der Waals surface area contributed by atoms with Gasteiger partial charge in [-0.2, -0.15) is 0 Å². The second-order valence-corrected chi connectivity index (χ2v) is 8.62. The molecule has 2 heterocycles. The molecule has 2 N–H and O–H groups in total. The summed E-state index contributed by atoms with van der Waals surface area (Å²) in [6.07, 6.45) is 2.48. The lowest BCUT2D eigenvalue weighted by Crippen LogP contribution is -2.10. The van der Waals surface area contributed by atoms with Crippen molar-refractivity contribution in [2.24, 2.45) is 0 Å². The van der Waals surface area contributed by atoms with Gasteiger partial charge in [-0.1, -0.05) is 12.1 Å². The van der Waals surface area contributed by atoms with E-state index in [1.54, 1.807) is 25.3 Å². The number of sulfone groups is 1. The van der Waals surface area contributed by atoms with Gasteiger partial charge < -0.3 is 15.0 Å². The summed E-state index contributed by atoms with van der Waals surface area (Å²) in [6, 6.07) is 15.3. The van der Waals surface area contributed by atoms with Crippen molar-refractivity contribution < 1.29 is 13.2 Å². The summed E-state index contributed by atoms with van der Waals surface area (Å²) < 4.78 is 28.8. The van der Waals surface area contributed by atoms with Crippen LogP contribution in [0.2, 0.25) is 0 Å². The van der Waals surface area contributed by atoms with Crippen LogP contribution in [-0.4, -0.2) is 36.7 Å². The van der Waals surface area contributed by atoms with Gasteiger partial charge in [-0.05, 0) is 42.5 Å². The number of ether oxygens (including phenoxy) is 1. The highest BCUT2D eigenvalue weighted by Gasteiger charge is 2.15. The van der Waals surface area contributed by atoms with E-state index in [2.05, 4.69) is 20.3 Å². The van der Waals surface area contributed by atoms with Crippen LogP contribution in [0, 0.1) is 0 Å². The van der Waals surface area contributed by atoms with E-state index in [4.69, 9.17) is 4.74 Å². The molecule has 152 valence electrons. The number of fused-ring (bicyclic) bond motifs is 1. The molecule has 0 aliphatic heterocycles. The number of rotatable bonds is 5. The van der Waals surface area contributed by atoms with Crippen molar-refractivity contribution in [1.82, 2.24) is 15.0 Å². The second kappa shape index (κ2) is 7.60. The number of para-hydroxylation sites is 1. The molecule has 0 aliphatic carbocycles. The quantitative estimate of drug-likeness (QED) is 0.508. The highest BCUT2D eigenvalue weighted by molar-refractivity contribution is 7.90. The molecule has 4 aromatic rings. The second-order valence-electron chi connectivity index (χ2n) is 6.60. The van der Waals surface area contributed by atoms with E-state index in [-0.39, 0.29) is 10.5 Å². The predicted molar refractivity (Wildman–Crippen MR) is 115 cm³/mol. The molecule has 0 atom stereocenters. The molecule has 0 saturated carbocycles. The van der Waals surface area contributed by atoms with Gasteiger partial charge in [-0.15, -0.1) is 0 Å². The highest BCUT2D eigenvalue weighted by Crippen LogP contribution is 2.32. The number of anilines is 2. The largest absolute Gasteiger partial charge is 0.496 e. The van der Waals surface area contributed by atoms with Gasteiger partial charge >= 0.3 is 0 Å². The molecule has 0 radical (unpaired) electrons. The first-order chi connectivity index (χ1) is 14.4. The van der Waals surface area contributed by atoms with Crippen LogP contribution in [0.4, 0.5) is 11.5 Å². The van der Waals surface area contributed by atoms with Gasteiger partial charge in [-0.3, -0.25) is 4.79 Å². The van der Waals surface area contributed by atoms with Crippen molar-refractivity contribution in [2.75, 3.05) is 18.7 Å². The molecule has 0 aliphatic rings. The van der Waals surface area contributed by atoms with Crippen LogP contribution in [0.5, 0.6) is 5.75 Å². The average molecular weight is 422 g/mol. The third-order valence-corrected chi connectivity index (χ3v) is 5.68. The fraction of sp³-hybridized carbons (Fsp3) is 0.0952. The summed E-state index contributed by atoms with van der Waals surface area (Å²) in [4.78, 5) is 24.1. The summed E-state index contributed by atoms with van der Waals surface area (Å²) in [5, 5.41) is 3.40. The molecule has 0 amide bonds. The lowest BCUT2D eigenvalue weighted by Gasteiger charge is -2.13. The number of hydrogen-bond acceptors (Lipinski definition) is 7. The maximum atomic E-state index is 12.5. The van der Waals surface area contributed by atoms with Gasteiger partial charge in [-0.25, -0.2) is 18.4 Å². The van der Waals surface area contributed by atoms with Crippen LogP contribution >= 0.6 is 0 Å². The Morgan fingerprint density at radius 2 is 1.80 bits per heavy atom. The molecule has 9 heteroatoms. The fourth-order valence-corrected chi connectivity index (χ4v) is 3.73. The molecule has 4 rings (SSSR count). The van der Waals surface area contributed by atoms with E-state index in [0.717, 1.165) is 11.8 Å². The molecule has 2 aromatic carbocycles. The van der Waals surface area contributed by atoms with Crippen LogP contribution in [0.25, 0.3) is 22.2 Å². The van der Waals surface area contributed by atoms with E-state index < -0.39 is 9.84 Å². The summed E-state index contributed by atoms with van der Waals surface area (Å²) in [5.41, 5.74) is 2.03. The Labute approximate surface area is 172 Å². The van der Waals surface area contributed by atoms with Crippen LogP contribution in [0.15, 0.2) is 70.6 Å². The first-order valence-corrected chi connectivity index (χ1v) is 10.8. The Hall–Kier alpha value is -3.72. The number of benzene rings is 2. The van der Waals surface area contributed by atoms with E-state index in [9.17, 15) is 13.2 Å². The molecule has 0 unspecified atom stereocenters. The monoisotopic (exact) mass is 422 g/mol. The molecule has 0 spiro atoms. The number of aromatic amines is 1. The summed E-state index contributed by atoms with van der Waals surface area (Å²) in [6.45, 7) is 0. The summed E-state index contributed by atoms with van der Waals surface area (Å²) >= 11 is 0. The zero-order valence-electron chi connectivity index (χ0n) is 16.2. The van der Waals surface area contributed by atoms with E-state index in [1.165, 1.54) is 18.5 Å². The van der Waals surface area contributed by atoms with Crippen molar-refractivity contribution in [3.8, 4) is 17.0 Å². The molecule has 8 nitrogen and oxygen atoms in total. The standard InChI is InChI=1S/C21H18N4O4S/c1-29-18-6-4-3-5-15(18)16-11-17-19(21(26)23-12-22-17)20(25-16)24-13-7-9-14(10-8-13)30(2,27)28/h3-12H,1-2H3,(H,24,25)(H,22,23,26). The van der Waals surface area contributed by atoms with Gasteiger partial charge in [0.25, 0.3) is 5.56 Å². The van der Waals surface area contributed by atoms with E-state index >= 15 is 0 Å². The number of aromatic nitrogens is 3. The van der Waals surface area contributed by atoms with Crippen LogP contribution in [-0.2, 0) is 9.84 Å². The van der Waals surface area contributed by atoms with Gasteiger partial charge in [0, 0.05) is 17.5 Å². The molecular formula is C21H18N4O4S. The molecule has 0 saturated heterocycles. The molecule has 0 bridgehead atoms. The van der Waals surface area contributed by atoms with Crippen molar-refractivity contribution in [2.45, 2.75) is 4.90 Å². The number of hydrogen-bond donors (Lipinski definition) is 2. The molecule has 2 aromatic heterocycles. The topological polar surface area (TPSA) is 114 Å². The Morgan fingerprint density at radius 3 is 2.50 bits per heavy atom. The van der Waals surface area contributed by atoms with Gasteiger partial charge in [0.2, 0.25) is 0 Å². The zero-order chi connectivity index (χ0) is 21.3. The van der Waals surface area contributed by atoms with Gasteiger partial charge in [0.1, 0.15) is 17.0 Å². The molecular weight excluding hydrogens is 404 g/mol. The normalized spacial score (nSPS) is 11.4. The maximum Gasteiger partial charge on any atom is 0.262 e. The maximum absolute atomic E-state index is 12.5. The summed E-state index contributed by atoms with van der Waals surface area (Å²) in [7, 11) is -1.73. The Kier molecular flexibility index (Phi) is 4.96. The minimum Gasteiger partial charge on any atom is -0.496 e. The van der Waals surface area contributed by atoms with E-state index in [0.29, 0.717) is 33.9 Å². The first-order valence-electron chi connectivity index (χ1n) is 8.96. The van der Waals surface area contributed by atoms with Crippen LogP contribution in [0.1, 0.15) is 0 Å². The number of nitrogens with one attached hydrogen (secondary N) is 2. The highest BCUT2D eigenvalue weighted by atomic mass is 32.2. The van der Waals surface area contributed by atoms with Gasteiger partial charge in [0.05, 0.1) is 29.5 Å². The van der Waals surface area contributed by atoms with Gasteiger partial charge in [0.15, 0.2) is 9.84 Å². The number of nitrogens with zero attached hydrogens (tertiary/aromatic N) is 2. The third kappa shape index (κ3) is 3.74. The van der Waals surface area contributed by atoms with Crippen molar-refractivity contribution >= 4 is 32.2 Å². The lowest BCUT2D eigenvalue weighted by molar-refractivity contribution is 0.416. The predicted octanol–water partition coefficient (Wildman–Crippen LogP) is 3.14. The van der Waals surface area contributed by atoms with Crippen molar-refractivity contribution in [3.63, 3.8) is 0 Å². The minimum atomic E-state index is -3.31. The zero-order valence-corrected chi connectivity index (χ0v) is 17.0. The smallest absolute Gasteiger partial charge is 0.262 e. The first kappa shape index (κ1) is 19.6. The third-order valence-electron chi connectivity index (χ3n) is 4.55. The lowest BCUT2D eigenvalue weighted by atomic mass is 10.1. The molecule has 30 heavy (non-hydrogen) atoms. The van der Waals surface area contributed by atoms with Crippen molar-refractivity contribution in [1.29, 1.82) is 0 Å².